The van der Waals surface area contributed by atoms with Gasteiger partial charge >= 0.3 is 0 Å². The molecule has 0 aliphatic heterocycles. The van der Waals surface area contributed by atoms with Crippen molar-refractivity contribution in [3.63, 3.8) is 0 Å². The molecule has 17 heavy (non-hydrogen) atoms. The van der Waals surface area contributed by atoms with Gasteiger partial charge in [0.05, 0.1) is 4.47 Å². The smallest absolute Gasteiger partial charge is 0.242 e. The number of amides is 1. The minimum Gasteiger partial charge on any atom is -0.374 e. The molecule has 0 radical (unpaired) electrons. The molecule has 1 aromatic carbocycles. The predicted molar refractivity (Wildman–Crippen MR) is 68.3 cm³/mol. The van der Waals surface area contributed by atoms with Crippen LogP contribution in [0.3, 0.4) is 0 Å². The summed E-state index contributed by atoms with van der Waals surface area (Å²) in [5.41, 5.74) is 0.601. The SMILES string of the molecule is CC(Nc1ccc(Br)c(F)c1)C(=O)NC1CC1. The maximum absolute atomic E-state index is 13.3. The van der Waals surface area contributed by atoms with E-state index >= 15 is 0 Å². The summed E-state index contributed by atoms with van der Waals surface area (Å²) < 4.78 is 13.7. The number of anilines is 1. The molecule has 2 rings (SSSR count). The van der Waals surface area contributed by atoms with Crippen LogP contribution in [0.1, 0.15) is 19.8 Å². The lowest BCUT2D eigenvalue weighted by Crippen LogP contribution is -2.38. The van der Waals surface area contributed by atoms with E-state index in [1.165, 1.54) is 6.07 Å². The second-order valence-corrected chi connectivity index (χ2v) is 5.13. The topological polar surface area (TPSA) is 41.1 Å². The van der Waals surface area contributed by atoms with Crippen LogP contribution in [0.5, 0.6) is 0 Å². The fourth-order valence-electron chi connectivity index (χ4n) is 1.46. The van der Waals surface area contributed by atoms with Crippen molar-refractivity contribution in [2.45, 2.75) is 31.8 Å². The van der Waals surface area contributed by atoms with Gasteiger partial charge in [0, 0.05) is 11.7 Å². The summed E-state index contributed by atoms with van der Waals surface area (Å²) in [7, 11) is 0. The Labute approximate surface area is 108 Å². The molecule has 1 aliphatic rings. The molecule has 0 bridgehead atoms. The van der Waals surface area contributed by atoms with Gasteiger partial charge < -0.3 is 10.6 Å². The average Bonchev–Trinajstić information content (AvgIpc) is 3.07. The summed E-state index contributed by atoms with van der Waals surface area (Å²) in [5.74, 6) is -0.388. The third kappa shape index (κ3) is 3.43. The number of benzene rings is 1. The number of rotatable bonds is 4. The standard InChI is InChI=1S/C12H14BrFN2O/c1-7(12(17)16-8-2-3-8)15-9-4-5-10(13)11(14)6-9/h4-8,15H,2-3H2,1H3,(H,16,17). The Morgan fingerprint density at radius 1 is 1.53 bits per heavy atom. The minimum atomic E-state index is -0.365. The van der Waals surface area contributed by atoms with Crippen LogP contribution < -0.4 is 10.6 Å². The summed E-state index contributed by atoms with van der Waals surface area (Å²) in [6.45, 7) is 1.76. The number of carbonyl (C=O) groups is 1. The van der Waals surface area contributed by atoms with E-state index < -0.39 is 0 Å². The highest BCUT2D eigenvalue weighted by Gasteiger charge is 2.25. The fourth-order valence-corrected chi connectivity index (χ4v) is 1.70. The molecular weight excluding hydrogens is 287 g/mol. The van der Waals surface area contributed by atoms with Crippen molar-refractivity contribution in [3.05, 3.63) is 28.5 Å². The lowest BCUT2D eigenvalue weighted by Gasteiger charge is -2.15. The molecule has 1 atom stereocenters. The first-order valence-electron chi connectivity index (χ1n) is 5.58. The Balaban J connectivity index is 1.94. The normalized spacial score (nSPS) is 16.4. The Kier molecular flexibility index (Phi) is 3.66. The summed E-state index contributed by atoms with van der Waals surface area (Å²) in [5, 5.41) is 5.87. The van der Waals surface area contributed by atoms with Gasteiger partial charge in [-0.05, 0) is 53.9 Å². The molecule has 1 fully saturated rings. The highest BCUT2D eigenvalue weighted by Crippen LogP contribution is 2.21. The molecule has 0 spiro atoms. The van der Waals surface area contributed by atoms with Crippen LogP contribution in [-0.2, 0) is 4.79 Å². The Morgan fingerprint density at radius 2 is 2.24 bits per heavy atom. The first-order chi connectivity index (χ1) is 8.06. The second-order valence-electron chi connectivity index (χ2n) is 4.28. The van der Waals surface area contributed by atoms with Crippen molar-refractivity contribution < 1.29 is 9.18 Å². The predicted octanol–water partition coefficient (Wildman–Crippen LogP) is 2.67. The Bertz CT molecular complexity index is 435. The van der Waals surface area contributed by atoms with Crippen LogP contribution >= 0.6 is 15.9 Å². The molecule has 0 saturated heterocycles. The van der Waals surface area contributed by atoms with Crippen LogP contribution in [0.4, 0.5) is 10.1 Å². The van der Waals surface area contributed by atoms with E-state index in [2.05, 4.69) is 26.6 Å². The maximum atomic E-state index is 13.3. The van der Waals surface area contributed by atoms with Gasteiger partial charge in [0.2, 0.25) is 5.91 Å². The number of hydrogen-bond donors (Lipinski definition) is 2. The van der Waals surface area contributed by atoms with Crippen LogP contribution in [0.2, 0.25) is 0 Å². The van der Waals surface area contributed by atoms with Gasteiger partial charge in [-0.25, -0.2) is 4.39 Å². The van der Waals surface area contributed by atoms with E-state index in [1.54, 1.807) is 19.1 Å². The number of halogens is 2. The summed E-state index contributed by atoms with van der Waals surface area (Å²) in [4.78, 5) is 11.7. The molecule has 0 heterocycles. The highest BCUT2D eigenvalue weighted by atomic mass is 79.9. The number of hydrogen-bond acceptors (Lipinski definition) is 2. The summed E-state index contributed by atoms with van der Waals surface area (Å²) in [6, 6.07) is 4.69. The van der Waals surface area contributed by atoms with E-state index in [-0.39, 0.29) is 17.8 Å². The van der Waals surface area contributed by atoms with Crippen LogP contribution in [-0.4, -0.2) is 18.0 Å². The first kappa shape index (κ1) is 12.4. The van der Waals surface area contributed by atoms with Crippen LogP contribution in [0.25, 0.3) is 0 Å². The number of carbonyl (C=O) groups excluding carboxylic acids is 1. The van der Waals surface area contributed by atoms with Gasteiger partial charge in [-0.3, -0.25) is 4.79 Å². The van der Waals surface area contributed by atoms with Crippen molar-refractivity contribution in [2.75, 3.05) is 5.32 Å². The van der Waals surface area contributed by atoms with Crippen molar-refractivity contribution in [1.82, 2.24) is 5.32 Å². The van der Waals surface area contributed by atoms with E-state index in [1.807, 2.05) is 0 Å². The van der Waals surface area contributed by atoms with Gasteiger partial charge in [0.15, 0.2) is 0 Å². The monoisotopic (exact) mass is 300 g/mol. The molecule has 2 N–H and O–H groups in total. The lowest BCUT2D eigenvalue weighted by atomic mass is 10.2. The largest absolute Gasteiger partial charge is 0.374 e. The molecular formula is C12H14BrFN2O. The van der Waals surface area contributed by atoms with Crippen LogP contribution in [0, 0.1) is 5.82 Å². The third-order valence-electron chi connectivity index (χ3n) is 2.62. The van der Waals surface area contributed by atoms with E-state index in [0.29, 0.717) is 16.2 Å². The zero-order chi connectivity index (χ0) is 12.4. The Hall–Kier alpha value is -1.10. The van der Waals surface area contributed by atoms with Gasteiger partial charge in [-0.15, -0.1) is 0 Å². The quantitative estimate of drug-likeness (QED) is 0.897. The zero-order valence-corrected chi connectivity index (χ0v) is 11.1. The minimum absolute atomic E-state index is 0.0455. The van der Waals surface area contributed by atoms with Gasteiger partial charge in [0.1, 0.15) is 11.9 Å². The molecule has 0 aromatic heterocycles. The van der Waals surface area contributed by atoms with Gasteiger partial charge in [-0.1, -0.05) is 0 Å². The van der Waals surface area contributed by atoms with Gasteiger partial charge in [0.25, 0.3) is 0 Å². The molecule has 5 heteroatoms. The fraction of sp³-hybridized carbons (Fsp3) is 0.417. The lowest BCUT2D eigenvalue weighted by molar-refractivity contribution is -0.121. The van der Waals surface area contributed by atoms with Crippen molar-refractivity contribution >= 4 is 27.5 Å². The van der Waals surface area contributed by atoms with E-state index in [4.69, 9.17) is 0 Å². The first-order valence-corrected chi connectivity index (χ1v) is 6.37. The zero-order valence-electron chi connectivity index (χ0n) is 9.47. The summed E-state index contributed by atoms with van der Waals surface area (Å²) in [6.07, 6.45) is 2.12. The molecule has 1 aliphatic carbocycles. The molecule has 1 aromatic rings. The second kappa shape index (κ2) is 5.04. The molecule has 3 nitrogen and oxygen atoms in total. The number of nitrogens with one attached hydrogen (secondary N) is 2. The van der Waals surface area contributed by atoms with Gasteiger partial charge in [-0.2, -0.15) is 0 Å². The average molecular weight is 301 g/mol. The molecule has 1 unspecified atom stereocenters. The highest BCUT2D eigenvalue weighted by molar-refractivity contribution is 9.10. The van der Waals surface area contributed by atoms with E-state index in [9.17, 15) is 9.18 Å². The van der Waals surface area contributed by atoms with Crippen molar-refractivity contribution in [3.8, 4) is 0 Å². The Morgan fingerprint density at radius 3 is 2.82 bits per heavy atom. The summed E-state index contributed by atoms with van der Waals surface area (Å²) >= 11 is 3.08. The van der Waals surface area contributed by atoms with Crippen molar-refractivity contribution in [2.24, 2.45) is 0 Å². The molecule has 1 amide bonds. The molecule has 92 valence electrons. The van der Waals surface area contributed by atoms with Crippen LogP contribution in [0.15, 0.2) is 22.7 Å². The maximum Gasteiger partial charge on any atom is 0.242 e. The van der Waals surface area contributed by atoms with E-state index in [0.717, 1.165) is 12.8 Å². The third-order valence-corrected chi connectivity index (χ3v) is 3.26. The van der Waals surface area contributed by atoms with Crippen molar-refractivity contribution in [1.29, 1.82) is 0 Å². The molecule has 1 saturated carbocycles.